The summed E-state index contributed by atoms with van der Waals surface area (Å²) in [6.45, 7) is 2.06. The largest absolute Gasteiger partial charge is 0.465 e. The number of hydrogen-bond acceptors (Lipinski definition) is 4. The van der Waals surface area contributed by atoms with E-state index in [4.69, 9.17) is 5.73 Å². The highest BCUT2D eigenvalue weighted by Gasteiger charge is 2.30. The summed E-state index contributed by atoms with van der Waals surface area (Å²) >= 11 is 0. The monoisotopic (exact) mass is 323 g/mol. The van der Waals surface area contributed by atoms with Crippen LogP contribution in [0, 0.1) is 0 Å². The molecule has 22 heavy (non-hydrogen) atoms. The molecule has 0 unspecified atom stereocenters. The van der Waals surface area contributed by atoms with Crippen LogP contribution in [0.3, 0.4) is 0 Å². The molecule has 0 spiro atoms. The Bertz CT molecular complexity index is 870. The van der Waals surface area contributed by atoms with E-state index in [2.05, 4.69) is 0 Å². The topological polar surface area (TPSA) is 106 Å². The molecule has 2 heterocycles. The number of carbonyl (C=O) groups is 1. The average Bonchev–Trinajstić information content (AvgIpc) is 2.80. The fourth-order valence-corrected chi connectivity index (χ4v) is 4.20. The second-order valence-corrected chi connectivity index (χ2v) is 7.43. The number of anilines is 1. The van der Waals surface area contributed by atoms with Crippen LogP contribution in [0.25, 0.3) is 10.9 Å². The molecule has 0 radical (unpaired) electrons. The van der Waals surface area contributed by atoms with Crippen molar-refractivity contribution in [1.29, 1.82) is 0 Å². The summed E-state index contributed by atoms with van der Waals surface area (Å²) in [5.74, 6) is -0.0176. The molecule has 0 aliphatic carbocycles. The Hall–Kier alpha value is -2.22. The molecule has 0 bridgehead atoms. The molecule has 1 amide bonds. The van der Waals surface area contributed by atoms with E-state index in [0.717, 1.165) is 5.56 Å². The Kier molecular flexibility index (Phi) is 3.28. The van der Waals surface area contributed by atoms with Crippen LogP contribution < -0.4 is 5.73 Å². The third kappa shape index (κ3) is 2.10. The van der Waals surface area contributed by atoms with E-state index in [1.54, 1.807) is 25.1 Å². The average molecular weight is 323 g/mol. The number of nitrogens with two attached hydrogens (primary N) is 1. The van der Waals surface area contributed by atoms with Gasteiger partial charge in [0, 0.05) is 35.3 Å². The highest BCUT2D eigenvalue weighted by molar-refractivity contribution is 7.90. The molecule has 1 aliphatic rings. The Balaban J connectivity index is 2.33. The Morgan fingerprint density at radius 2 is 2.14 bits per heavy atom. The summed E-state index contributed by atoms with van der Waals surface area (Å²) in [6, 6.07) is 5.05. The molecule has 2 aromatic rings. The summed E-state index contributed by atoms with van der Waals surface area (Å²) in [5.41, 5.74) is 8.30. The van der Waals surface area contributed by atoms with Gasteiger partial charge in [0.2, 0.25) is 10.0 Å². The molecule has 1 aliphatic heterocycles. The molecular formula is C14H17N3O4S. The van der Waals surface area contributed by atoms with E-state index in [1.165, 1.54) is 8.87 Å². The Labute approximate surface area is 128 Å². The van der Waals surface area contributed by atoms with Crippen LogP contribution in [0.2, 0.25) is 0 Å². The maximum absolute atomic E-state index is 12.5. The first-order valence-corrected chi connectivity index (χ1v) is 8.59. The van der Waals surface area contributed by atoms with Crippen molar-refractivity contribution >= 4 is 32.7 Å². The zero-order valence-electron chi connectivity index (χ0n) is 12.1. The third-order valence-electron chi connectivity index (χ3n) is 4.04. The zero-order valence-corrected chi connectivity index (χ0v) is 12.9. The van der Waals surface area contributed by atoms with Crippen molar-refractivity contribution in [3.63, 3.8) is 0 Å². The number of amides is 1. The molecule has 0 saturated heterocycles. The summed E-state index contributed by atoms with van der Waals surface area (Å²) in [7, 11) is -3.46. The molecule has 118 valence electrons. The second kappa shape index (κ2) is 4.91. The summed E-state index contributed by atoms with van der Waals surface area (Å²) < 4.78 is 26.3. The molecule has 1 aromatic heterocycles. The molecular weight excluding hydrogens is 306 g/mol. The quantitative estimate of drug-likeness (QED) is 0.814. The van der Waals surface area contributed by atoms with Crippen LogP contribution in [0.1, 0.15) is 18.2 Å². The van der Waals surface area contributed by atoms with Crippen LogP contribution in [0.4, 0.5) is 10.5 Å². The van der Waals surface area contributed by atoms with Gasteiger partial charge in [0.1, 0.15) is 0 Å². The number of fused-ring (bicyclic) bond motifs is 3. The van der Waals surface area contributed by atoms with Crippen molar-refractivity contribution < 1.29 is 18.3 Å². The van der Waals surface area contributed by atoms with E-state index in [9.17, 15) is 18.3 Å². The molecule has 3 N–H and O–H groups in total. The molecule has 0 saturated carbocycles. The fraction of sp³-hybridized carbons (Fsp3) is 0.357. The number of nitrogens with zero attached hydrogens (tertiary/aromatic N) is 2. The van der Waals surface area contributed by atoms with Crippen LogP contribution in [0.15, 0.2) is 18.2 Å². The van der Waals surface area contributed by atoms with E-state index in [0.29, 0.717) is 28.7 Å². The lowest BCUT2D eigenvalue weighted by Gasteiger charge is -2.25. The Morgan fingerprint density at radius 3 is 2.77 bits per heavy atom. The van der Waals surface area contributed by atoms with Gasteiger partial charge in [0.25, 0.3) is 0 Å². The number of carboxylic acid groups (broad SMARTS) is 1. The molecule has 0 fully saturated rings. The van der Waals surface area contributed by atoms with E-state index in [1.807, 2.05) is 0 Å². The lowest BCUT2D eigenvalue weighted by Crippen LogP contribution is -2.35. The van der Waals surface area contributed by atoms with Gasteiger partial charge in [-0.25, -0.2) is 17.2 Å². The zero-order chi connectivity index (χ0) is 16.1. The van der Waals surface area contributed by atoms with E-state index in [-0.39, 0.29) is 18.8 Å². The van der Waals surface area contributed by atoms with E-state index >= 15 is 0 Å². The predicted molar refractivity (Wildman–Crippen MR) is 83.3 cm³/mol. The number of rotatable bonds is 2. The van der Waals surface area contributed by atoms with Gasteiger partial charge >= 0.3 is 6.09 Å². The lowest BCUT2D eigenvalue weighted by atomic mass is 10.0. The smallest absolute Gasteiger partial charge is 0.407 e. The number of nitrogen functional groups attached to an aromatic ring is 1. The molecule has 3 rings (SSSR count). The minimum atomic E-state index is -3.46. The first-order chi connectivity index (χ1) is 10.3. The number of hydrogen-bond donors (Lipinski definition) is 2. The van der Waals surface area contributed by atoms with Crippen LogP contribution in [-0.2, 0) is 23.0 Å². The fourth-order valence-electron chi connectivity index (χ4n) is 2.95. The summed E-state index contributed by atoms with van der Waals surface area (Å²) in [6.07, 6.45) is -0.635. The van der Waals surface area contributed by atoms with Gasteiger partial charge in [-0.15, -0.1) is 0 Å². The third-order valence-corrected chi connectivity index (χ3v) is 5.74. The standard InChI is InChI=1S/C14H17N3O4S/c1-2-22(20,21)17-12-4-3-9(15)7-10(12)11-8-16(14(18)19)6-5-13(11)17/h3-4,7H,2,5-6,8,15H2,1H3,(H,18,19). The lowest BCUT2D eigenvalue weighted by molar-refractivity contribution is 0.140. The summed E-state index contributed by atoms with van der Waals surface area (Å²) in [5, 5.41) is 9.89. The van der Waals surface area contributed by atoms with Crippen molar-refractivity contribution in [3.05, 3.63) is 29.5 Å². The van der Waals surface area contributed by atoms with Gasteiger partial charge in [-0.05, 0) is 25.1 Å². The Morgan fingerprint density at radius 1 is 1.41 bits per heavy atom. The van der Waals surface area contributed by atoms with Crippen molar-refractivity contribution in [3.8, 4) is 0 Å². The van der Waals surface area contributed by atoms with Gasteiger partial charge < -0.3 is 15.7 Å². The van der Waals surface area contributed by atoms with E-state index < -0.39 is 16.1 Å². The highest BCUT2D eigenvalue weighted by atomic mass is 32.2. The van der Waals surface area contributed by atoms with Crippen LogP contribution >= 0.6 is 0 Å². The predicted octanol–water partition coefficient (Wildman–Crippen LogP) is 1.46. The van der Waals surface area contributed by atoms with Gasteiger partial charge in [-0.3, -0.25) is 0 Å². The van der Waals surface area contributed by atoms with Crippen molar-refractivity contribution in [2.75, 3.05) is 18.0 Å². The van der Waals surface area contributed by atoms with Crippen LogP contribution in [0.5, 0.6) is 0 Å². The van der Waals surface area contributed by atoms with Gasteiger partial charge in [-0.2, -0.15) is 0 Å². The van der Waals surface area contributed by atoms with Crippen molar-refractivity contribution in [2.45, 2.75) is 19.9 Å². The molecule has 1 aromatic carbocycles. The SMILES string of the molecule is CCS(=O)(=O)n1c2c(c3cc(N)ccc31)CN(C(=O)O)CC2. The van der Waals surface area contributed by atoms with Crippen molar-refractivity contribution in [2.24, 2.45) is 0 Å². The van der Waals surface area contributed by atoms with Crippen LogP contribution in [-0.4, -0.2) is 40.8 Å². The van der Waals surface area contributed by atoms with Crippen molar-refractivity contribution in [1.82, 2.24) is 8.87 Å². The molecule has 7 nitrogen and oxygen atoms in total. The van der Waals surface area contributed by atoms with Gasteiger partial charge in [-0.1, -0.05) is 0 Å². The summed E-state index contributed by atoms with van der Waals surface area (Å²) in [4.78, 5) is 12.5. The second-order valence-electron chi connectivity index (χ2n) is 5.32. The number of aromatic nitrogens is 1. The normalized spacial score (nSPS) is 15.0. The minimum absolute atomic E-state index is 0.0176. The first kappa shape index (κ1) is 14.7. The maximum atomic E-state index is 12.5. The maximum Gasteiger partial charge on any atom is 0.407 e. The first-order valence-electron chi connectivity index (χ1n) is 6.98. The number of benzene rings is 1. The highest BCUT2D eigenvalue weighted by Crippen LogP contribution is 2.33. The van der Waals surface area contributed by atoms with Gasteiger partial charge in [0.05, 0.1) is 17.8 Å². The molecule has 0 atom stereocenters. The minimum Gasteiger partial charge on any atom is -0.465 e. The van der Waals surface area contributed by atoms with Gasteiger partial charge in [0.15, 0.2) is 0 Å². The molecule has 8 heteroatoms.